The van der Waals surface area contributed by atoms with Crippen molar-refractivity contribution in [1.29, 1.82) is 0 Å². The van der Waals surface area contributed by atoms with E-state index in [0.717, 1.165) is 31.4 Å². The lowest BCUT2D eigenvalue weighted by molar-refractivity contribution is -0.385. The second kappa shape index (κ2) is 8.24. The molecule has 27 heavy (non-hydrogen) atoms. The summed E-state index contributed by atoms with van der Waals surface area (Å²) in [7, 11) is 0. The van der Waals surface area contributed by atoms with Crippen molar-refractivity contribution >= 4 is 17.3 Å². The summed E-state index contributed by atoms with van der Waals surface area (Å²) in [5.74, 6) is 0.261. The Morgan fingerprint density at radius 1 is 1.30 bits per heavy atom. The molecule has 1 aliphatic rings. The van der Waals surface area contributed by atoms with Gasteiger partial charge in [-0.25, -0.2) is 0 Å². The van der Waals surface area contributed by atoms with Crippen molar-refractivity contribution in [3.05, 3.63) is 33.9 Å². The van der Waals surface area contributed by atoms with Crippen LogP contribution in [0.1, 0.15) is 45.6 Å². The zero-order chi connectivity index (χ0) is 20.4. The van der Waals surface area contributed by atoms with E-state index in [1.165, 1.54) is 0 Å². The minimum atomic E-state index is -4.82. The predicted molar refractivity (Wildman–Crippen MR) is 95.3 cm³/mol. The summed E-state index contributed by atoms with van der Waals surface area (Å²) in [6, 6.07) is 1.70. The molecule has 2 N–H and O–H groups in total. The third-order valence-electron chi connectivity index (χ3n) is 5.34. The van der Waals surface area contributed by atoms with Gasteiger partial charge in [0.05, 0.1) is 22.2 Å². The molecule has 9 heteroatoms. The number of alkyl halides is 3. The molecule has 2 rings (SSSR count). The van der Waals surface area contributed by atoms with Gasteiger partial charge in [-0.1, -0.05) is 26.7 Å². The Bertz CT molecular complexity index is 709. The highest BCUT2D eigenvalue weighted by atomic mass is 19.4. The fourth-order valence-electron chi connectivity index (χ4n) is 3.44. The first-order valence-corrected chi connectivity index (χ1v) is 8.93. The molecular formula is C18H24F3N3O3. The summed E-state index contributed by atoms with van der Waals surface area (Å²) in [6.07, 6.45) is -1.75. The highest BCUT2D eigenvalue weighted by molar-refractivity contribution is 5.95. The van der Waals surface area contributed by atoms with Gasteiger partial charge < -0.3 is 10.6 Å². The predicted octanol–water partition coefficient (Wildman–Crippen LogP) is 4.35. The molecule has 1 amide bonds. The summed E-state index contributed by atoms with van der Waals surface area (Å²) in [6.45, 7) is 5.85. The van der Waals surface area contributed by atoms with Gasteiger partial charge in [-0.2, -0.15) is 13.2 Å². The van der Waals surface area contributed by atoms with Gasteiger partial charge in [0.2, 0.25) is 5.91 Å². The molecule has 0 spiro atoms. The van der Waals surface area contributed by atoms with Crippen molar-refractivity contribution in [3.8, 4) is 0 Å². The number of nitro groups is 1. The molecule has 0 radical (unpaired) electrons. The van der Waals surface area contributed by atoms with Gasteiger partial charge in [-0.15, -0.1) is 0 Å². The Balaban J connectivity index is 2.13. The highest BCUT2D eigenvalue weighted by Crippen LogP contribution is 2.37. The number of non-ortho nitro benzene ring substituents is 1. The first-order chi connectivity index (χ1) is 12.5. The molecule has 0 heterocycles. The van der Waals surface area contributed by atoms with Crippen LogP contribution in [-0.4, -0.2) is 22.9 Å². The molecule has 0 saturated heterocycles. The number of hydrogen-bond acceptors (Lipinski definition) is 4. The lowest BCUT2D eigenvalue weighted by atomic mass is 9.78. The number of carbonyl (C=O) groups is 1. The van der Waals surface area contributed by atoms with Crippen molar-refractivity contribution in [1.82, 2.24) is 5.32 Å². The molecule has 4 atom stereocenters. The zero-order valence-corrected chi connectivity index (χ0v) is 15.5. The fourth-order valence-corrected chi connectivity index (χ4v) is 3.44. The van der Waals surface area contributed by atoms with Crippen LogP contribution < -0.4 is 10.6 Å². The van der Waals surface area contributed by atoms with Crippen LogP contribution in [-0.2, 0) is 11.0 Å². The van der Waals surface area contributed by atoms with Gasteiger partial charge in [-0.3, -0.25) is 14.9 Å². The molecule has 1 aromatic rings. The standard InChI is InChI=1S/C18H24F3N3O3/c1-10-5-4-6-15(11(10)2)22-12(3)17(25)23-16-8-7-13(24(26)27)9-14(16)18(19,20)21/h7-12,15,22H,4-6H2,1-3H3,(H,23,25)/t10-,11+,12-,15-/m0/s1. The lowest BCUT2D eigenvalue weighted by Crippen LogP contribution is -2.49. The second-order valence-electron chi connectivity index (χ2n) is 7.24. The van der Waals surface area contributed by atoms with E-state index < -0.39 is 40.0 Å². The van der Waals surface area contributed by atoms with E-state index in [4.69, 9.17) is 0 Å². The van der Waals surface area contributed by atoms with Crippen molar-refractivity contribution in [2.75, 3.05) is 5.32 Å². The molecule has 0 aromatic heterocycles. The zero-order valence-electron chi connectivity index (χ0n) is 15.5. The first kappa shape index (κ1) is 21.1. The summed E-state index contributed by atoms with van der Waals surface area (Å²) >= 11 is 0. The normalized spacial score (nSPS) is 24.3. The molecule has 0 bridgehead atoms. The van der Waals surface area contributed by atoms with Gasteiger partial charge in [0.15, 0.2) is 0 Å². The van der Waals surface area contributed by atoms with Gasteiger partial charge >= 0.3 is 6.18 Å². The first-order valence-electron chi connectivity index (χ1n) is 8.93. The maximum atomic E-state index is 13.2. The van der Waals surface area contributed by atoms with E-state index in [-0.39, 0.29) is 6.04 Å². The van der Waals surface area contributed by atoms with Crippen LogP contribution in [0.2, 0.25) is 0 Å². The Labute approximate surface area is 155 Å². The lowest BCUT2D eigenvalue weighted by Gasteiger charge is -2.36. The number of anilines is 1. The number of nitrogens with zero attached hydrogens (tertiary/aromatic N) is 1. The van der Waals surface area contributed by atoms with Gasteiger partial charge in [0, 0.05) is 18.2 Å². The van der Waals surface area contributed by atoms with E-state index in [1.54, 1.807) is 6.92 Å². The van der Waals surface area contributed by atoms with Crippen molar-refractivity contribution in [2.24, 2.45) is 11.8 Å². The molecule has 1 aromatic carbocycles. The summed E-state index contributed by atoms with van der Waals surface area (Å²) < 4.78 is 39.7. The second-order valence-corrected chi connectivity index (χ2v) is 7.24. The maximum absolute atomic E-state index is 13.2. The fraction of sp³-hybridized carbons (Fsp3) is 0.611. The molecule has 0 unspecified atom stereocenters. The van der Waals surface area contributed by atoms with Gasteiger partial charge in [0.1, 0.15) is 0 Å². The van der Waals surface area contributed by atoms with E-state index in [9.17, 15) is 28.1 Å². The smallest absolute Gasteiger partial charge is 0.324 e. The number of halogens is 3. The van der Waals surface area contributed by atoms with E-state index in [2.05, 4.69) is 24.5 Å². The van der Waals surface area contributed by atoms with Crippen LogP contribution in [0.5, 0.6) is 0 Å². The molecule has 1 fully saturated rings. The van der Waals surface area contributed by atoms with Crippen LogP contribution in [0, 0.1) is 22.0 Å². The summed E-state index contributed by atoms with van der Waals surface area (Å²) in [4.78, 5) is 22.2. The molecule has 1 aliphatic carbocycles. The van der Waals surface area contributed by atoms with E-state index >= 15 is 0 Å². The maximum Gasteiger partial charge on any atom is 0.418 e. The number of amides is 1. The Kier molecular flexibility index (Phi) is 6.46. The van der Waals surface area contributed by atoms with Crippen LogP contribution in [0.15, 0.2) is 18.2 Å². The number of benzene rings is 1. The Morgan fingerprint density at radius 2 is 1.96 bits per heavy atom. The van der Waals surface area contributed by atoms with Gasteiger partial charge in [-0.05, 0) is 31.2 Å². The quantitative estimate of drug-likeness (QED) is 0.581. The van der Waals surface area contributed by atoms with Crippen molar-refractivity contribution in [2.45, 2.75) is 58.3 Å². The highest BCUT2D eigenvalue weighted by Gasteiger charge is 2.36. The van der Waals surface area contributed by atoms with E-state index in [1.807, 2.05) is 0 Å². The van der Waals surface area contributed by atoms with Crippen LogP contribution >= 0.6 is 0 Å². The van der Waals surface area contributed by atoms with E-state index in [0.29, 0.717) is 17.9 Å². The number of hydrogen-bond donors (Lipinski definition) is 2. The average molecular weight is 387 g/mol. The van der Waals surface area contributed by atoms with Crippen LogP contribution in [0.4, 0.5) is 24.5 Å². The molecular weight excluding hydrogens is 363 g/mol. The third kappa shape index (κ3) is 5.18. The minimum Gasteiger partial charge on any atom is -0.324 e. The average Bonchev–Trinajstić information content (AvgIpc) is 2.58. The van der Waals surface area contributed by atoms with Crippen LogP contribution in [0.3, 0.4) is 0 Å². The minimum absolute atomic E-state index is 0.119. The summed E-state index contributed by atoms with van der Waals surface area (Å²) in [5.41, 5.74) is -2.41. The number of nitro benzene ring substituents is 1. The molecule has 6 nitrogen and oxygen atoms in total. The third-order valence-corrected chi connectivity index (χ3v) is 5.34. The Morgan fingerprint density at radius 3 is 2.56 bits per heavy atom. The SMILES string of the molecule is C[C@H]1[C@@H](N[C@@H](C)C(=O)Nc2ccc([N+](=O)[O-])cc2C(F)(F)F)CCC[C@@H]1C. The number of rotatable bonds is 5. The number of nitrogens with one attached hydrogen (secondary N) is 2. The van der Waals surface area contributed by atoms with Crippen molar-refractivity contribution < 1.29 is 22.9 Å². The topological polar surface area (TPSA) is 84.3 Å². The molecule has 0 aliphatic heterocycles. The van der Waals surface area contributed by atoms with Gasteiger partial charge in [0.25, 0.3) is 5.69 Å². The van der Waals surface area contributed by atoms with Crippen LogP contribution in [0.25, 0.3) is 0 Å². The Hall–Kier alpha value is -2.16. The largest absolute Gasteiger partial charge is 0.418 e. The summed E-state index contributed by atoms with van der Waals surface area (Å²) in [5, 5.41) is 16.2. The molecule has 150 valence electrons. The molecule has 1 saturated carbocycles. The van der Waals surface area contributed by atoms with Crippen molar-refractivity contribution in [3.63, 3.8) is 0 Å². The monoisotopic (exact) mass is 387 g/mol. The number of carbonyl (C=O) groups excluding carboxylic acids is 1.